The van der Waals surface area contributed by atoms with E-state index in [0.29, 0.717) is 10.8 Å². The first-order valence-corrected chi connectivity index (χ1v) is 6.72. The van der Waals surface area contributed by atoms with Crippen LogP contribution in [0, 0.1) is 6.92 Å². The van der Waals surface area contributed by atoms with Crippen LogP contribution in [-0.4, -0.2) is 43.3 Å². The topological polar surface area (TPSA) is 84.9 Å². The van der Waals surface area contributed by atoms with Gasteiger partial charge in [0.2, 0.25) is 0 Å². The number of aryl methyl sites for hydroxylation is 1. The minimum Gasteiger partial charge on any atom is -0.482 e. The summed E-state index contributed by atoms with van der Waals surface area (Å²) >= 11 is 5.94. The van der Waals surface area contributed by atoms with E-state index in [1.54, 1.807) is 12.1 Å². The molecule has 0 aliphatic heterocycles. The summed E-state index contributed by atoms with van der Waals surface area (Å²) in [5, 5.41) is 11.7. The SMILES string of the molecule is COCCC(NC(=O)COc1cc(C)ccc1Cl)C(=O)O. The van der Waals surface area contributed by atoms with Gasteiger partial charge in [0.1, 0.15) is 11.8 Å². The monoisotopic (exact) mass is 315 g/mol. The van der Waals surface area contributed by atoms with Gasteiger partial charge in [0, 0.05) is 20.1 Å². The molecule has 116 valence electrons. The predicted octanol–water partition coefficient (Wildman–Crippen LogP) is 1.63. The van der Waals surface area contributed by atoms with Gasteiger partial charge in [0.15, 0.2) is 6.61 Å². The molecule has 0 heterocycles. The number of amides is 1. The van der Waals surface area contributed by atoms with E-state index >= 15 is 0 Å². The van der Waals surface area contributed by atoms with E-state index < -0.39 is 17.9 Å². The van der Waals surface area contributed by atoms with Crippen molar-refractivity contribution in [1.82, 2.24) is 5.32 Å². The van der Waals surface area contributed by atoms with Gasteiger partial charge in [-0.15, -0.1) is 0 Å². The van der Waals surface area contributed by atoms with E-state index in [1.807, 2.05) is 13.0 Å². The van der Waals surface area contributed by atoms with Crippen LogP contribution in [0.3, 0.4) is 0 Å². The molecule has 1 atom stereocenters. The third-order valence-corrected chi connectivity index (χ3v) is 3.00. The van der Waals surface area contributed by atoms with E-state index in [4.69, 9.17) is 26.2 Å². The summed E-state index contributed by atoms with van der Waals surface area (Å²) < 4.78 is 10.1. The lowest BCUT2D eigenvalue weighted by molar-refractivity contribution is -0.142. The lowest BCUT2D eigenvalue weighted by atomic mass is 10.2. The molecule has 7 heteroatoms. The summed E-state index contributed by atoms with van der Waals surface area (Å²) in [4.78, 5) is 22.7. The molecule has 0 saturated heterocycles. The van der Waals surface area contributed by atoms with Crippen molar-refractivity contribution in [3.63, 3.8) is 0 Å². The predicted molar refractivity (Wildman–Crippen MR) is 77.7 cm³/mol. The van der Waals surface area contributed by atoms with Gasteiger partial charge in [-0.2, -0.15) is 0 Å². The summed E-state index contributed by atoms with van der Waals surface area (Å²) in [6.07, 6.45) is 0.183. The Kier molecular flexibility index (Phi) is 6.98. The summed E-state index contributed by atoms with van der Waals surface area (Å²) in [6.45, 7) is 1.80. The van der Waals surface area contributed by atoms with Gasteiger partial charge in [0.05, 0.1) is 5.02 Å². The first-order chi connectivity index (χ1) is 9.93. The van der Waals surface area contributed by atoms with Crippen LogP contribution in [0.5, 0.6) is 5.75 Å². The number of benzene rings is 1. The van der Waals surface area contributed by atoms with Gasteiger partial charge < -0.3 is 19.9 Å². The Bertz CT molecular complexity index is 506. The Morgan fingerprint density at radius 2 is 2.14 bits per heavy atom. The fourth-order valence-corrected chi connectivity index (χ4v) is 1.77. The Labute approximate surface area is 128 Å². The maximum Gasteiger partial charge on any atom is 0.326 e. The quantitative estimate of drug-likeness (QED) is 0.761. The highest BCUT2D eigenvalue weighted by molar-refractivity contribution is 6.32. The zero-order valence-corrected chi connectivity index (χ0v) is 12.6. The van der Waals surface area contributed by atoms with Gasteiger partial charge in [-0.25, -0.2) is 4.79 Å². The second-order valence-corrected chi connectivity index (χ2v) is 4.87. The average molecular weight is 316 g/mol. The van der Waals surface area contributed by atoms with Crippen LogP contribution in [-0.2, 0) is 14.3 Å². The number of hydrogen-bond donors (Lipinski definition) is 2. The Morgan fingerprint density at radius 1 is 1.43 bits per heavy atom. The zero-order chi connectivity index (χ0) is 15.8. The third-order valence-electron chi connectivity index (χ3n) is 2.69. The van der Waals surface area contributed by atoms with Crippen molar-refractivity contribution in [3.8, 4) is 5.75 Å². The molecule has 0 radical (unpaired) electrons. The van der Waals surface area contributed by atoms with Crippen LogP contribution >= 0.6 is 11.6 Å². The molecule has 2 N–H and O–H groups in total. The standard InChI is InChI=1S/C14H18ClNO5/c1-9-3-4-10(15)12(7-9)21-8-13(17)16-11(14(18)19)5-6-20-2/h3-4,7,11H,5-6,8H2,1-2H3,(H,16,17)(H,18,19). The highest BCUT2D eigenvalue weighted by atomic mass is 35.5. The average Bonchev–Trinajstić information content (AvgIpc) is 2.44. The van der Waals surface area contributed by atoms with Crippen LogP contribution in [0.2, 0.25) is 5.02 Å². The fourth-order valence-electron chi connectivity index (χ4n) is 1.59. The number of carboxylic acids is 1. The van der Waals surface area contributed by atoms with Gasteiger partial charge in [-0.05, 0) is 24.6 Å². The number of carbonyl (C=O) groups excluding carboxylic acids is 1. The van der Waals surface area contributed by atoms with Crippen LogP contribution in [0.4, 0.5) is 0 Å². The van der Waals surface area contributed by atoms with E-state index in [2.05, 4.69) is 5.32 Å². The molecular weight excluding hydrogens is 298 g/mol. The first kappa shape index (κ1) is 17.3. The van der Waals surface area contributed by atoms with Gasteiger partial charge in [-0.3, -0.25) is 4.79 Å². The summed E-state index contributed by atoms with van der Waals surface area (Å²) in [5.41, 5.74) is 0.943. The maximum absolute atomic E-state index is 11.7. The number of aliphatic carboxylic acids is 1. The largest absolute Gasteiger partial charge is 0.482 e. The van der Waals surface area contributed by atoms with Crippen LogP contribution in [0.1, 0.15) is 12.0 Å². The highest BCUT2D eigenvalue weighted by Gasteiger charge is 2.19. The van der Waals surface area contributed by atoms with Crippen molar-refractivity contribution in [1.29, 1.82) is 0 Å². The number of nitrogens with one attached hydrogen (secondary N) is 1. The lowest BCUT2D eigenvalue weighted by Crippen LogP contribution is -2.43. The molecule has 1 unspecified atom stereocenters. The van der Waals surface area contributed by atoms with E-state index in [0.717, 1.165) is 5.56 Å². The van der Waals surface area contributed by atoms with Crippen molar-refractivity contribution >= 4 is 23.5 Å². The highest BCUT2D eigenvalue weighted by Crippen LogP contribution is 2.24. The van der Waals surface area contributed by atoms with Crippen LogP contribution in [0.25, 0.3) is 0 Å². The lowest BCUT2D eigenvalue weighted by Gasteiger charge is -2.14. The number of methoxy groups -OCH3 is 1. The molecule has 1 aromatic rings. The molecule has 0 aromatic heterocycles. The number of ether oxygens (including phenoxy) is 2. The molecule has 0 saturated carbocycles. The molecule has 0 spiro atoms. The normalized spacial score (nSPS) is 11.8. The zero-order valence-electron chi connectivity index (χ0n) is 11.9. The number of halogens is 1. The second-order valence-electron chi connectivity index (χ2n) is 4.46. The molecule has 0 aliphatic rings. The van der Waals surface area contributed by atoms with E-state index in [1.165, 1.54) is 7.11 Å². The molecule has 21 heavy (non-hydrogen) atoms. The number of rotatable bonds is 8. The maximum atomic E-state index is 11.7. The van der Waals surface area contributed by atoms with Crippen molar-refractivity contribution < 1.29 is 24.2 Å². The summed E-state index contributed by atoms with van der Waals surface area (Å²) in [5.74, 6) is -1.26. The number of hydrogen-bond acceptors (Lipinski definition) is 4. The van der Waals surface area contributed by atoms with Crippen LogP contribution < -0.4 is 10.1 Å². The molecule has 0 fully saturated rings. The third kappa shape index (κ3) is 6.01. The minimum absolute atomic E-state index is 0.183. The number of carbonyl (C=O) groups is 2. The van der Waals surface area contributed by atoms with E-state index in [9.17, 15) is 9.59 Å². The van der Waals surface area contributed by atoms with Gasteiger partial charge >= 0.3 is 5.97 Å². The fraction of sp³-hybridized carbons (Fsp3) is 0.429. The molecule has 0 aliphatic carbocycles. The van der Waals surface area contributed by atoms with Crippen molar-refractivity contribution in [3.05, 3.63) is 28.8 Å². The summed E-state index contributed by atoms with van der Waals surface area (Å²) in [6, 6.07) is 4.19. The molecule has 1 rings (SSSR count). The molecular formula is C14H18ClNO5. The first-order valence-electron chi connectivity index (χ1n) is 6.34. The minimum atomic E-state index is -1.12. The van der Waals surface area contributed by atoms with Crippen molar-refractivity contribution in [2.45, 2.75) is 19.4 Å². The molecule has 1 amide bonds. The van der Waals surface area contributed by atoms with Crippen molar-refractivity contribution in [2.24, 2.45) is 0 Å². The van der Waals surface area contributed by atoms with Crippen LogP contribution in [0.15, 0.2) is 18.2 Å². The Morgan fingerprint density at radius 3 is 2.76 bits per heavy atom. The Balaban J connectivity index is 2.52. The molecule has 6 nitrogen and oxygen atoms in total. The van der Waals surface area contributed by atoms with Gasteiger partial charge in [0.25, 0.3) is 5.91 Å². The smallest absolute Gasteiger partial charge is 0.326 e. The molecule has 1 aromatic carbocycles. The Hall–Kier alpha value is -1.79. The van der Waals surface area contributed by atoms with Crippen molar-refractivity contribution in [2.75, 3.05) is 20.3 Å². The number of carboxylic acid groups (broad SMARTS) is 1. The second kappa shape index (κ2) is 8.49. The van der Waals surface area contributed by atoms with Gasteiger partial charge in [-0.1, -0.05) is 17.7 Å². The van der Waals surface area contributed by atoms with E-state index in [-0.39, 0.29) is 19.6 Å². The summed E-state index contributed by atoms with van der Waals surface area (Å²) in [7, 11) is 1.46. The molecule has 0 bridgehead atoms.